The minimum absolute atomic E-state index is 0.477. The molecule has 1 rings (SSSR count). The van der Waals surface area contributed by atoms with Crippen LogP contribution in [-0.2, 0) is 4.79 Å². The molecule has 0 radical (unpaired) electrons. The van der Waals surface area contributed by atoms with Crippen molar-refractivity contribution in [2.75, 3.05) is 6.61 Å². The molecule has 20 heavy (non-hydrogen) atoms. The Hall–Kier alpha value is -1.55. The summed E-state index contributed by atoms with van der Waals surface area (Å²) in [6, 6.07) is 6.13. The molecule has 0 aliphatic rings. The zero-order chi connectivity index (χ0) is 15.3. The van der Waals surface area contributed by atoms with Crippen LogP contribution in [0.3, 0.4) is 0 Å². The second-order valence-electron chi connectivity index (χ2n) is 5.91. The molecule has 0 heterocycles. The molecular weight excluding hydrogens is 252 g/mol. The van der Waals surface area contributed by atoms with E-state index in [9.17, 15) is 4.79 Å². The largest absolute Gasteiger partial charge is 0.494 e. The number of hydrogen-bond donors (Lipinski definition) is 2. The smallest absolute Gasteiger partial charge is 0.237 e. The summed E-state index contributed by atoms with van der Waals surface area (Å²) in [6.07, 6.45) is 1.21. The van der Waals surface area contributed by atoms with Gasteiger partial charge in [-0.25, -0.2) is 0 Å². The van der Waals surface area contributed by atoms with Crippen LogP contribution in [0.5, 0.6) is 5.75 Å². The maximum atomic E-state index is 11.1. The van der Waals surface area contributed by atoms with Gasteiger partial charge >= 0.3 is 0 Å². The van der Waals surface area contributed by atoms with Gasteiger partial charge in [0, 0.05) is 0 Å². The topological polar surface area (TPSA) is 78.3 Å². The predicted octanol–water partition coefficient (Wildman–Crippen LogP) is 2.48. The predicted molar refractivity (Wildman–Crippen MR) is 81.8 cm³/mol. The van der Waals surface area contributed by atoms with Gasteiger partial charge in [-0.2, -0.15) is 0 Å². The minimum Gasteiger partial charge on any atom is -0.494 e. The Morgan fingerprint density at radius 3 is 2.55 bits per heavy atom. The maximum absolute atomic E-state index is 11.1. The van der Waals surface area contributed by atoms with Gasteiger partial charge in [0.05, 0.1) is 12.1 Å². The van der Waals surface area contributed by atoms with E-state index in [0.717, 1.165) is 5.75 Å². The highest BCUT2D eigenvalue weighted by Gasteiger charge is 2.24. The number of rotatable bonds is 7. The number of aryl methyl sites for hydroxylation is 1. The van der Waals surface area contributed by atoms with Crippen LogP contribution in [0.4, 0.5) is 0 Å². The lowest BCUT2D eigenvalue weighted by atomic mass is 9.97. The summed E-state index contributed by atoms with van der Waals surface area (Å²) < 4.78 is 5.69. The van der Waals surface area contributed by atoms with Crippen LogP contribution in [0, 0.1) is 6.92 Å². The van der Waals surface area contributed by atoms with Gasteiger partial charge in [-0.05, 0) is 55.9 Å². The molecule has 1 aromatic carbocycles. The van der Waals surface area contributed by atoms with E-state index in [0.29, 0.717) is 25.4 Å². The normalized spacial score (nSPS) is 14.1. The second-order valence-corrected chi connectivity index (χ2v) is 5.91. The number of nitrogens with two attached hydrogens (primary N) is 2. The van der Waals surface area contributed by atoms with E-state index >= 15 is 0 Å². The van der Waals surface area contributed by atoms with Gasteiger partial charge < -0.3 is 16.2 Å². The van der Waals surface area contributed by atoms with Crippen LogP contribution in [0.15, 0.2) is 18.2 Å². The Balaban J connectivity index is 2.47. The third kappa shape index (κ3) is 4.53. The van der Waals surface area contributed by atoms with Crippen molar-refractivity contribution in [3.05, 3.63) is 29.3 Å². The highest BCUT2D eigenvalue weighted by Crippen LogP contribution is 2.23. The van der Waals surface area contributed by atoms with E-state index in [4.69, 9.17) is 16.2 Å². The first-order valence-electron chi connectivity index (χ1n) is 7.06. The molecule has 0 bridgehead atoms. The van der Waals surface area contributed by atoms with Crippen LogP contribution >= 0.6 is 0 Å². The van der Waals surface area contributed by atoms with E-state index < -0.39 is 11.4 Å². The Labute approximate surface area is 121 Å². The molecule has 1 amide bonds. The summed E-state index contributed by atoms with van der Waals surface area (Å²) >= 11 is 0. The zero-order valence-corrected chi connectivity index (χ0v) is 12.9. The molecule has 0 saturated heterocycles. The third-order valence-corrected chi connectivity index (χ3v) is 3.54. The van der Waals surface area contributed by atoms with Crippen LogP contribution in [0.2, 0.25) is 0 Å². The van der Waals surface area contributed by atoms with Gasteiger partial charge in [0.25, 0.3) is 0 Å². The number of hydrogen-bond acceptors (Lipinski definition) is 3. The lowest BCUT2D eigenvalue weighted by molar-refractivity contribution is -0.122. The first-order chi connectivity index (χ1) is 9.24. The van der Waals surface area contributed by atoms with Gasteiger partial charge in [-0.3, -0.25) is 4.79 Å². The number of primary amides is 1. The standard InChI is InChI=1S/C16H26N2O2/c1-11(2)14-7-6-13(10-12(14)3)20-9-5-8-16(4,18)15(17)19/h6-7,10-11H,5,8-9,18H2,1-4H3,(H2,17,19). The van der Waals surface area contributed by atoms with Crippen molar-refractivity contribution < 1.29 is 9.53 Å². The summed E-state index contributed by atoms with van der Waals surface area (Å²) in [6.45, 7) is 8.62. The van der Waals surface area contributed by atoms with Crippen molar-refractivity contribution in [3.63, 3.8) is 0 Å². The Morgan fingerprint density at radius 2 is 2.05 bits per heavy atom. The summed E-state index contributed by atoms with van der Waals surface area (Å²) in [5.74, 6) is 0.886. The molecule has 0 aliphatic carbocycles. The maximum Gasteiger partial charge on any atom is 0.237 e. The highest BCUT2D eigenvalue weighted by atomic mass is 16.5. The molecule has 0 aromatic heterocycles. The molecule has 1 atom stereocenters. The Bertz CT molecular complexity index is 468. The second kappa shape index (κ2) is 6.75. The molecule has 1 unspecified atom stereocenters. The van der Waals surface area contributed by atoms with Crippen LogP contribution in [0.25, 0.3) is 0 Å². The van der Waals surface area contributed by atoms with E-state index in [1.165, 1.54) is 11.1 Å². The third-order valence-electron chi connectivity index (χ3n) is 3.54. The Kier molecular flexibility index (Phi) is 5.57. The fourth-order valence-electron chi connectivity index (χ4n) is 2.14. The molecule has 0 aliphatic heterocycles. The fourth-order valence-corrected chi connectivity index (χ4v) is 2.14. The van der Waals surface area contributed by atoms with E-state index in [-0.39, 0.29) is 0 Å². The number of amides is 1. The van der Waals surface area contributed by atoms with Gasteiger partial charge in [-0.1, -0.05) is 19.9 Å². The van der Waals surface area contributed by atoms with Crippen LogP contribution < -0.4 is 16.2 Å². The molecule has 4 heteroatoms. The summed E-state index contributed by atoms with van der Waals surface area (Å²) in [7, 11) is 0. The molecule has 1 aromatic rings. The van der Waals surface area contributed by atoms with Crippen molar-refractivity contribution in [2.24, 2.45) is 11.5 Å². The first kappa shape index (κ1) is 16.5. The highest BCUT2D eigenvalue weighted by molar-refractivity contribution is 5.83. The van der Waals surface area contributed by atoms with Crippen LogP contribution in [-0.4, -0.2) is 18.1 Å². The lowest BCUT2D eigenvalue weighted by Gasteiger charge is -2.20. The molecule has 4 nitrogen and oxygen atoms in total. The molecule has 0 saturated carbocycles. The lowest BCUT2D eigenvalue weighted by Crippen LogP contribution is -2.49. The van der Waals surface area contributed by atoms with Gasteiger partial charge in [-0.15, -0.1) is 0 Å². The van der Waals surface area contributed by atoms with Crippen molar-refractivity contribution in [2.45, 2.75) is 52.0 Å². The SMILES string of the molecule is Cc1cc(OCCCC(C)(N)C(N)=O)ccc1C(C)C. The zero-order valence-electron chi connectivity index (χ0n) is 12.9. The van der Waals surface area contributed by atoms with Crippen molar-refractivity contribution in [1.82, 2.24) is 0 Å². The van der Waals surface area contributed by atoms with Crippen molar-refractivity contribution in [1.29, 1.82) is 0 Å². The monoisotopic (exact) mass is 278 g/mol. The minimum atomic E-state index is -0.958. The summed E-state index contributed by atoms with van der Waals surface area (Å²) in [4.78, 5) is 11.1. The Morgan fingerprint density at radius 1 is 1.40 bits per heavy atom. The van der Waals surface area contributed by atoms with Gasteiger partial charge in [0.15, 0.2) is 0 Å². The molecule has 112 valence electrons. The molecular formula is C16H26N2O2. The van der Waals surface area contributed by atoms with E-state index in [1.807, 2.05) is 12.1 Å². The number of carbonyl (C=O) groups is 1. The number of benzene rings is 1. The average Bonchev–Trinajstić information content (AvgIpc) is 2.34. The number of carbonyl (C=O) groups excluding carboxylic acids is 1. The van der Waals surface area contributed by atoms with Crippen molar-refractivity contribution in [3.8, 4) is 5.75 Å². The first-order valence-corrected chi connectivity index (χ1v) is 7.06. The summed E-state index contributed by atoms with van der Waals surface area (Å²) in [5.41, 5.74) is 12.6. The average molecular weight is 278 g/mol. The van der Waals surface area contributed by atoms with E-state index in [1.54, 1.807) is 6.92 Å². The van der Waals surface area contributed by atoms with Crippen molar-refractivity contribution >= 4 is 5.91 Å². The number of ether oxygens (including phenoxy) is 1. The van der Waals surface area contributed by atoms with E-state index in [2.05, 4.69) is 26.8 Å². The van der Waals surface area contributed by atoms with Gasteiger partial charge in [0.1, 0.15) is 5.75 Å². The molecule has 0 spiro atoms. The van der Waals surface area contributed by atoms with Crippen LogP contribution in [0.1, 0.15) is 50.7 Å². The molecule has 4 N–H and O–H groups in total. The van der Waals surface area contributed by atoms with Gasteiger partial charge in [0.2, 0.25) is 5.91 Å². The summed E-state index contributed by atoms with van der Waals surface area (Å²) in [5, 5.41) is 0. The quantitative estimate of drug-likeness (QED) is 0.752. The fraction of sp³-hybridized carbons (Fsp3) is 0.562. The molecule has 0 fully saturated rings.